The summed E-state index contributed by atoms with van der Waals surface area (Å²) >= 11 is 0. The van der Waals surface area contributed by atoms with Crippen LogP contribution in [0.15, 0.2) is 72.9 Å². The van der Waals surface area contributed by atoms with Gasteiger partial charge in [0.25, 0.3) is 5.91 Å². The van der Waals surface area contributed by atoms with Crippen LogP contribution in [-0.2, 0) is 13.0 Å². The van der Waals surface area contributed by atoms with Crippen molar-refractivity contribution in [3.63, 3.8) is 0 Å². The van der Waals surface area contributed by atoms with Crippen molar-refractivity contribution in [2.24, 2.45) is 11.8 Å². The molecule has 1 amide bonds. The van der Waals surface area contributed by atoms with Crippen LogP contribution in [0.2, 0.25) is 0 Å². The molecule has 4 aromatic rings. The highest BCUT2D eigenvalue weighted by Gasteiger charge is 2.42. The molecule has 0 N–H and O–H groups in total. The second-order valence-electron chi connectivity index (χ2n) is 9.89. The molecule has 2 aliphatic heterocycles. The number of rotatable bonds is 5. The van der Waals surface area contributed by atoms with Gasteiger partial charge >= 0.3 is 0 Å². The van der Waals surface area contributed by atoms with E-state index in [0.717, 1.165) is 35.1 Å². The van der Waals surface area contributed by atoms with Crippen molar-refractivity contribution >= 4 is 16.7 Å². The molecule has 182 valence electrons. The lowest BCUT2D eigenvalue weighted by Crippen LogP contribution is -2.33. The van der Waals surface area contributed by atoms with Crippen LogP contribution in [0, 0.1) is 23.5 Å². The maximum atomic E-state index is 14.8. The highest BCUT2D eigenvalue weighted by atomic mass is 19.1. The van der Waals surface area contributed by atoms with Gasteiger partial charge in [0.2, 0.25) is 0 Å². The lowest BCUT2D eigenvalue weighted by Gasteiger charge is -2.22. The average Bonchev–Trinajstić information content (AvgIpc) is 3.45. The molecule has 5 nitrogen and oxygen atoms in total. The zero-order valence-electron chi connectivity index (χ0n) is 19.8. The number of likely N-dealkylation sites (tertiary alicyclic amines) is 2. The fraction of sp³-hybridized carbons (Fsp3) is 0.276. The molecule has 36 heavy (non-hydrogen) atoms. The Labute approximate surface area is 208 Å². The fourth-order valence-corrected chi connectivity index (χ4v) is 5.68. The Bertz CT molecular complexity index is 1420. The van der Waals surface area contributed by atoms with Crippen molar-refractivity contribution in [2.45, 2.75) is 13.0 Å². The lowest BCUT2D eigenvalue weighted by atomic mass is 10.0. The summed E-state index contributed by atoms with van der Waals surface area (Å²) in [6.45, 7) is 3.38. The van der Waals surface area contributed by atoms with E-state index in [2.05, 4.69) is 15.1 Å². The number of carbonyl (C=O) groups excluding carboxylic acids is 1. The molecule has 2 aliphatic rings. The van der Waals surface area contributed by atoms with Gasteiger partial charge in [-0.2, -0.15) is 10.2 Å². The monoisotopic (exact) mass is 484 g/mol. The van der Waals surface area contributed by atoms with Crippen molar-refractivity contribution in [3.05, 3.63) is 107 Å². The van der Waals surface area contributed by atoms with Crippen molar-refractivity contribution < 1.29 is 13.6 Å². The molecule has 0 saturated carbocycles. The van der Waals surface area contributed by atoms with Gasteiger partial charge in [-0.05, 0) is 35.6 Å². The Kier molecular flexibility index (Phi) is 5.93. The standard InChI is InChI=1S/C29H26F2N4O/c30-26-8-4-2-6-21(26)14-34-15-22-17-35(18-23(22)16-34)29(36)25-11-19(9-10-27(25)31)12-28-24-7-3-1-5-20(24)13-32-33-28/h1-11,13,22-23H,12,14-18H2. The zero-order valence-corrected chi connectivity index (χ0v) is 19.8. The first-order valence-electron chi connectivity index (χ1n) is 12.3. The molecule has 2 atom stereocenters. The minimum atomic E-state index is -0.508. The van der Waals surface area contributed by atoms with Gasteiger partial charge in [0.15, 0.2) is 0 Å². The van der Waals surface area contributed by atoms with Gasteiger partial charge in [-0.25, -0.2) is 8.78 Å². The first kappa shape index (κ1) is 22.7. The molecular formula is C29H26F2N4O. The minimum absolute atomic E-state index is 0.101. The summed E-state index contributed by atoms with van der Waals surface area (Å²) in [4.78, 5) is 17.4. The molecule has 0 aliphatic carbocycles. The molecule has 3 heterocycles. The van der Waals surface area contributed by atoms with E-state index < -0.39 is 5.82 Å². The molecule has 3 aromatic carbocycles. The Balaban J connectivity index is 1.14. The number of aromatic nitrogens is 2. The first-order chi connectivity index (χ1) is 17.5. The minimum Gasteiger partial charge on any atom is -0.338 e. The third-order valence-corrected chi connectivity index (χ3v) is 7.48. The van der Waals surface area contributed by atoms with E-state index in [1.54, 1.807) is 29.3 Å². The number of hydrogen-bond donors (Lipinski definition) is 0. The number of hydrogen-bond acceptors (Lipinski definition) is 4. The third kappa shape index (κ3) is 4.35. The number of amides is 1. The van der Waals surface area contributed by atoms with Crippen molar-refractivity contribution in [1.29, 1.82) is 0 Å². The van der Waals surface area contributed by atoms with Gasteiger partial charge in [0.05, 0.1) is 17.5 Å². The Morgan fingerprint density at radius 3 is 2.44 bits per heavy atom. The summed E-state index contributed by atoms with van der Waals surface area (Å²) in [7, 11) is 0. The number of halogens is 2. The molecular weight excluding hydrogens is 458 g/mol. The second kappa shape index (κ2) is 9.39. The van der Waals surface area contributed by atoms with Crippen LogP contribution in [0.3, 0.4) is 0 Å². The van der Waals surface area contributed by atoms with E-state index in [1.807, 2.05) is 36.4 Å². The van der Waals surface area contributed by atoms with E-state index in [4.69, 9.17) is 0 Å². The summed E-state index contributed by atoms with van der Waals surface area (Å²) in [6.07, 6.45) is 2.19. The Morgan fingerprint density at radius 1 is 0.889 bits per heavy atom. The molecule has 2 fully saturated rings. The highest BCUT2D eigenvalue weighted by Crippen LogP contribution is 2.33. The third-order valence-electron chi connectivity index (χ3n) is 7.48. The molecule has 2 unspecified atom stereocenters. The molecule has 2 saturated heterocycles. The first-order valence-corrected chi connectivity index (χ1v) is 12.3. The summed E-state index contributed by atoms with van der Waals surface area (Å²) < 4.78 is 28.8. The lowest BCUT2D eigenvalue weighted by molar-refractivity contribution is 0.0768. The van der Waals surface area contributed by atoms with Crippen molar-refractivity contribution in [2.75, 3.05) is 26.2 Å². The summed E-state index contributed by atoms with van der Waals surface area (Å²) in [5.74, 6) is -0.327. The van der Waals surface area contributed by atoms with Gasteiger partial charge in [0.1, 0.15) is 11.6 Å². The second-order valence-corrected chi connectivity index (χ2v) is 9.89. The SMILES string of the molecule is O=C(c1cc(Cc2nncc3ccccc23)ccc1F)N1CC2CN(Cc3ccccc3F)CC2C1. The van der Waals surface area contributed by atoms with Crippen molar-refractivity contribution in [3.8, 4) is 0 Å². The number of carbonyl (C=O) groups is 1. The van der Waals surface area contributed by atoms with Crippen LogP contribution in [0.25, 0.3) is 10.8 Å². The van der Waals surface area contributed by atoms with Crippen molar-refractivity contribution in [1.82, 2.24) is 20.0 Å². The smallest absolute Gasteiger partial charge is 0.256 e. The Morgan fingerprint density at radius 2 is 1.64 bits per heavy atom. The molecule has 6 rings (SSSR count). The molecule has 7 heteroatoms. The molecule has 0 bridgehead atoms. The van der Waals surface area contributed by atoms with E-state index in [0.29, 0.717) is 43.5 Å². The average molecular weight is 485 g/mol. The normalized spacial score (nSPS) is 19.7. The van der Waals surface area contributed by atoms with Crippen LogP contribution in [0.1, 0.15) is 27.2 Å². The van der Waals surface area contributed by atoms with Gasteiger partial charge in [-0.3, -0.25) is 9.69 Å². The van der Waals surface area contributed by atoms with E-state index >= 15 is 0 Å². The molecule has 1 aromatic heterocycles. The maximum absolute atomic E-state index is 14.8. The number of fused-ring (bicyclic) bond motifs is 2. The predicted octanol–water partition coefficient (Wildman–Crippen LogP) is 4.70. The van der Waals surface area contributed by atoms with Gasteiger partial charge in [-0.15, -0.1) is 0 Å². The van der Waals surface area contributed by atoms with Crippen LogP contribution >= 0.6 is 0 Å². The van der Waals surface area contributed by atoms with Crippen LogP contribution < -0.4 is 0 Å². The largest absolute Gasteiger partial charge is 0.338 e. The van der Waals surface area contributed by atoms with Gasteiger partial charge < -0.3 is 4.90 Å². The number of benzene rings is 3. The van der Waals surface area contributed by atoms with E-state index in [1.165, 1.54) is 12.1 Å². The van der Waals surface area contributed by atoms with Gasteiger partial charge in [-0.1, -0.05) is 48.5 Å². The fourth-order valence-electron chi connectivity index (χ4n) is 5.68. The summed E-state index contributed by atoms with van der Waals surface area (Å²) in [5.41, 5.74) is 2.41. The zero-order chi connectivity index (χ0) is 24.6. The topological polar surface area (TPSA) is 49.3 Å². The molecule has 0 radical (unpaired) electrons. The number of nitrogens with zero attached hydrogens (tertiary/aromatic N) is 4. The Hall–Kier alpha value is -3.71. The quantitative estimate of drug-likeness (QED) is 0.412. The van der Waals surface area contributed by atoms with Crippen LogP contribution in [0.5, 0.6) is 0 Å². The summed E-state index contributed by atoms with van der Waals surface area (Å²) in [6, 6.07) is 19.5. The molecule has 0 spiro atoms. The van der Waals surface area contributed by atoms with E-state index in [-0.39, 0.29) is 17.3 Å². The van der Waals surface area contributed by atoms with Gasteiger partial charge in [0, 0.05) is 55.5 Å². The van der Waals surface area contributed by atoms with Crippen LogP contribution in [0.4, 0.5) is 8.78 Å². The predicted molar refractivity (Wildman–Crippen MR) is 133 cm³/mol. The van der Waals surface area contributed by atoms with E-state index in [9.17, 15) is 13.6 Å². The maximum Gasteiger partial charge on any atom is 0.256 e. The highest BCUT2D eigenvalue weighted by molar-refractivity contribution is 5.95. The van der Waals surface area contributed by atoms with Crippen LogP contribution in [-0.4, -0.2) is 52.1 Å². The summed E-state index contributed by atoms with van der Waals surface area (Å²) in [5, 5.41) is 10.4.